The van der Waals surface area contributed by atoms with Crippen LogP contribution in [-0.4, -0.2) is 0 Å². The van der Waals surface area contributed by atoms with Gasteiger partial charge in [-0.15, -0.1) is 0 Å². The lowest BCUT2D eigenvalue weighted by Gasteiger charge is -2.14. The quantitative estimate of drug-likeness (QED) is 0.467. The monoisotopic (exact) mass is 99.1 g/mol. The molecule has 0 aliphatic heterocycles. The molecule has 0 amide bonds. The fraction of sp³-hybridized carbons (Fsp3) is 0.857. The van der Waals surface area contributed by atoms with Gasteiger partial charge in [-0.05, 0) is 6.42 Å². The van der Waals surface area contributed by atoms with Crippen molar-refractivity contribution >= 4 is 0 Å². The second-order valence-electron chi connectivity index (χ2n) is 2.77. The van der Waals surface area contributed by atoms with Gasteiger partial charge in [-0.2, -0.15) is 0 Å². The van der Waals surface area contributed by atoms with E-state index < -0.39 is 0 Å². The molecule has 0 aromatic carbocycles. The van der Waals surface area contributed by atoms with Crippen molar-refractivity contribution in [1.29, 1.82) is 0 Å². The highest BCUT2D eigenvalue weighted by molar-refractivity contribution is 4.66. The Labute approximate surface area is 46.9 Å². The predicted octanol–water partition coefficient (Wildman–Crippen LogP) is 2.65. The molecule has 0 aromatic heterocycles. The van der Waals surface area contributed by atoms with E-state index >= 15 is 0 Å². The van der Waals surface area contributed by atoms with Gasteiger partial charge in [0.15, 0.2) is 0 Å². The van der Waals surface area contributed by atoms with E-state index in [1.165, 1.54) is 6.42 Å². The third-order valence-corrected chi connectivity index (χ3v) is 1.63. The normalized spacial score (nSPS) is 11.9. The van der Waals surface area contributed by atoms with Gasteiger partial charge in [0.05, 0.1) is 13.3 Å². The smallest absolute Gasteiger partial charge is 0.0647 e. The van der Waals surface area contributed by atoms with Crippen LogP contribution in [-0.2, 0) is 0 Å². The number of rotatable bonds is 2. The third-order valence-electron chi connectivity index (χ3n) is 1.63. The second kappa shape index (κ2) is 2.25. The molecule has 0 atom stereocenters. The van der Waals surface area contributed by atoms with Crippen LogP contribution < -0.4 is 0 Å². The lowest BCUT2D eigenvalue weighted by atomic mass is 9.88. The minimum atomic E-state index is 0.472. The minimum absolute atomic E-state index is 0.472. The summed E-state index contributed by atoms with van der Waals surface area (Å²) in [5, 5.41) is 0. The lowest BCUT2D eigenvalue weighted by molar-refractivity contribution is 0.355. The molecule has 0 fully saturated rings. The summed E-state index contributed by atoms with van der Waals surface area (Å²) in [4.78, 5) is 0. The van der Waals surface area contributed by atoms with E-state index in [1.54, 1.807) is 0 Å². The van der Waals surface area contributed by atoms with Crippen LogP contribution in [0.5, 0.6) is 0 Å². The molecule has 0 radical (unpaired) electrons. The summed E-state index contributed by atoms with van der Waals surface area (Å²) in [7, 11) is 0. The highest BCUT2D eigenvalue weighted by Crippen LogP contribution is 2.22. The van der Waals surface area contributed by atoms with Crippen LogP contribution >= 0.6 is 0 Å². The van der Waals surface area contributed by atoms with E-state index in [1.807, 2.05) is 0 Å². The van der Waals surface area contributed by atoms with Gasteiger partial charge in [0.1, 0.15) is 0 Å². The Kier molecular flexibility index (Phi) is 2.21. The average Bonchev–Trinajstić information content (AvgIpc) is 1.68. The first-order valence-corrected chi connectivity index (χ1v) is 2.91. The highest BCUT2D eigenvalue weighted by Gasteiger charge is 2.14. The first-order chi connectivity index (χ1) is 3.12. The highest BCUT2D eigenvalue weighted by atomic mass is 14.1. The molecule has 0 aromatic rings. The van der Waals surface area contributed by atoms with Crippen molar-refractivity contribution < 1.29 is 0 Å². The van der Waals surface area contributed by atoms with E-state index in [0.29, 0.717) is 5.41 Å². The second-order valence-corrected chi connectivity index (χ2v) is 2.77. The molecular formula is C7H15+. The molecule has 0 saturated heterocycles. The van der Waals surface area contributed by atoms with Crippen LogP contribution in [0.1, 0.15) is 33.6 Å². The van der Waals surface area contributed by atoms with Gasteiger partial charge in [-0.3, -0.25) is 0 Å². The van der Waals surface area contributed by atoms with Crippen molar-refractivity contribution in [2.45, 2.75) is 33.6 Å². The zero-order valence-corrected chi connectivity index (χ0v) is 5.62. The molecule has 0 spiro atoms. The molecule has 7 heavy (non-hydrogen) atoms. The molecule has 0 aliphatic carbocycles. The minimum Gasteiger partial charge on any atom is -0.0647 e. The Morgan fingerprint density at radius 1 is 1.43 bits per heavy atom. The van der Waals surface area contributed by atoms with Crippen molar-refractivity contribution in [2.24, 2.45) is 5.41 Å². The molecule has 42 valence electrons. The Morgan fingerprint density at radius 2 is 1.86 bits per heavy atom. The maximum Gasteiger partial charge on any atom is 0.0901 e. The molecular weight excluding hydrogens is 84.1 g/mol. The Bertz CT molecular complexity index is 38.0. The number of hydrogen-bond acceptors (Lipinski definition) is 0. The van der Waals surface area contributed by atoms with Crippen molar-refractivity contribution in [3.8, 4) is 0 Å². The van der Waals surface area contributed by atoms with Gasteiger partial charge in [0.2, 0.25) is 0 Å². The van der Waals surface area contributed by atoms with Crippen molar-refractivity contribution in [3.63, 3.8) is 0 Å². The van der Waals surface area contributed by atoms with Crippen molar-refractivity contribution in [1.82, 2.24) is 0 Å². The standard InChI is InChI=1S/C7H15/c1-5-7(3,4)6-2/h1,5-6H2,2-4H3/q+1. The van der Waals surface area contributed by atoms with Crippen LogP contribution in [0.25, 0.3) is 0 Å². The predicted molar refractivity (Wildman–Crippen MR) is 34.0 cm³/mol. The van der Waals surface area contributed by atoms with Gasteiger partial charge in [-0.25, -0.2) is 0 Å². The summed E-state index contributed by atoms with van der Waals surface area (Å²) >= 11 is 0. The molecule has 0 bridgehead atoms. The Hall–Kier alpha value is -0.130. The fourth-order valence-electron chi connectivity index (χ4n) is 0.177. The summed E-state index contributed by atoms with van der Waals surface area (Å²) in [6, 6.07) is 0. The first kappa shape index (κ1) is 6.87. The zero-order valence-electron chi connectivity index (χ0n) is 5.62. The molecule has 0 heteroatoms. The molecule has 0 nitrogen and oxygen atoms in total. The molecule has 0 heterocycles. The largest absolute Gasteiger partial charge is 0.0901 e. The first-order valence-electron chi connectivity index (χ1n) is 2.91. The van der Waals surface area contributed by atoms with Crippen molar-refractivity contribution in [2.75, 3.05) is 0 Å². The maximum absolute atomic E-state index is 3.83. The topological polar surface area (TPSA) is 0 Å². The summed E-state index contributed by atoms with van der Waals surface area (Å²) < 4.78 is 0. The van der Waals surface area contributed by atoms with E-state index in [0.717, 1.165) is 6.42 Å². The zero-order chi connectivity index (χ0) is 5.91. The van der Waals surface area contributed by atoms with Gasteiger partial charge in [0.25, 0.3) is 0 Å². The van der Waals surface area contributed by atoms with Gasteiger partial charge >= 0.3 is 0 Å². The van der Waals surface area contributed by atoms with E-state index in [2.05, 4.69) is 27.7 Å². The van der Waals surface area contributed by atoms with E-state index in [9.17, 15) is 0 Å². The third kappa shape index (κ3) is 2.55. The molecule has 0 saturated carbocycles. The molecule has 0 aliphatic rings. The van der Waals surface area contributed by atoms with Crippen LogP contribution in [0.4, 0.5) is 0 Å². The molecule has 0 unspecified atom stereocenters. The van der Waals surface area contributed by atoms with Gasteiger partial charge < -0.3 is 0 Å². The van der Waals surface area contributed by atoms with Gasteiger partial charge in [-0.1, -0.05) is 20.8 Å². The summed E-state index contributed by atoms with van der Waals surface area (Å²) in [5.74, 6) is 0. The van der Waals surface area contributed by atoms with Gasteiger partial charge in [0, 0.05) is 5.41 Å². The summed E-state index contributed by atoms with van der Waals surface area (Å²) in [6.07, 6.45) is 2.28. The Morgan fingerprint density at radius 3 is 1.86 bits per heavy atom. The SMILES string of the molecule is [CH2+]CC(C)(C)CC. The molecule has 0 N–H and O–H groups in total. The van der Waals surface area contributed by atoms with Crippen LogP contribution in [0.3, 0.4) is 0 Å². The fourth-order valence-corrected chi connectivity index (χ4v) is 0.177. The van der Waals surface area contributed by atoms with Crippen LogP contribution in [0.2, 0.25) is 0 Å². The van der Waals surface area contributed by atoms with E-state index in [-0.39, 0.29) is 0 Å². The van der Waals surface area contributed by atoms with Crippen molar-refractivity contribution in [3.05, 3.63) is 6.92 Å². The lowest BCUT2D eigenvalue weighted by Crippen LogP contribution is -2.06. The van der Waals surface area contributed by atoms with Crippen LogP contribution in [0.15, 0.2) is 0 Å². The maximum atomic E-state index is 3.83. The number of hydrogen-bond donors (Lipinski definition) is 0. The average molecular weight is 99.2 g/mol. The van der Waals surface area contributed by atoms with E-state index in [4.69, 9.17) is 0 Å². The Balaban J connectivity index is 3.36. The van der Waals surface area contributed by atoms with Crippen LogP contribution in [0, 0.1) is 12.3 Å². The summed E-state index contributed by atoms with van der Waals surface area (Å²) in [6.45, 7) is 10.5. The summed E-state index contributed by atoms with van der Waals surface area (Å²) in [5.41, 5.74) is 0.472. The molecule has 0 rings (SSSR count).